The molecule has 1 aliphatic carbocycles. The van der Waals surface area contributed by atoms with Gasteiger partial charge in [-0.15, -0.1) is 0 Å². The van der Waals surface area contributed by atoms with Gasteiger partial charge in [0, 0.05) is 30.7 Å². The molecule has 118 valence electrons. The van der Waals surface area contributed by atoms with Gasteiger partial charge in [0.15, 0.2) is 0 Å². The summed E-state index contributed by atoms with van der Waals surface area (Å²) in [5.74, 6) is 0.806. The van der Waals surface area contributed by atoms with Crippen LogP contribution in [0, 0.1) is 11.7 Å². The lowest BCUT2D eigenvalue weighted by Crippen LogP contribution is -2.36. The molecule has 1 aromatic carbocycles. The van der Waals surface area contributed by atoms with E-state index >= 15 is 0 Å². The highest BCUT2D eigenvalue weighted by atomic mass is 19.1. The predicted molar refractivity (Wildman–Crippen MR) is 86.9 cm³/mol. The summed E-state index contributed by atoms with van der Waals surface area (Å²) in [5, 5.41) is 3.44. The Morgan fingerprint density at radius 3 is 2.57 bits per heavy atom. The van der Waals surface area contributed by atoms with E-state index in [2.05, 4.69) is 31.0 Å². The van der Waals surface area contributed by atoms with Gasteiger partial charge in [-0.2, -0.15) is 0 Å². The van der Waals surface area contributed by atoms with E-state index in [9.17, 15) is 4.39 Å². The third-order valence-electron chi connectivity index (χ3n) is 4.36. The fraction of sp³-hybridized carbons (Fsp3) is 0.667. The molecule has 1 atom stereocenters. The highest BCUT2D eigenvalue weighted by molar-refractivity contribution is 5.21. The van der Waals surface area contributed by atoms with Crippen LogP contribution in [0.4, 0.5) is 4.39 Å². The maximum absolute atomic E-state index is 14.0. The molecule has 0 aliphatic heterocycles. The fourth-order valence-electron chi connectivity index (χ4n) is 2.86. The monoisotopic (exact) mass is 292 g/mol. The summed E-state index contributed by atoms with van der Waals surface area (Å²) in [4.78, 5) is 2.54. The van der Waals surface area contributed by atoms with Gasteiger partial charge in [-0.1, -0.05) is 25.1 Å². The fourth-order valence-corrected chi connectivity index (χ4v) is 2.86. The van der Waals surface area contributed by atoms with Gasteiger partial charge in [-0.3, -0.25) is 0 Å². The minimum Gasteiger partial charge on any atom is -0.310 e. The first-order valence-corrected chi connectivity index (χ1v) is 8.33. The van der Waals surface area contributed by atoms with Crippen LogP contribution in [0.2, 0.25) is 0 Å². The molecule has 1 aromatic rings. The standard InChI is InChI=1S/C18H29FN2/c1-4-20-18(16-7-5-6-8-17(16)19)11-12-21(14(2)3)13-15-9-10-15/h5-8,14-15,18,20H,4,9-13H2,1-3H3. The van der Waals surface area contributed by atoms with E-state index in [1.165, 1.54) is 19.4 Å². The van der Waals surface area contributed by atoms with Crippen LogP contribution in [0.25, 0.3) is 0 Å². The Balaban J connectivity index is 1.96. The first-order valence-electron chi connectivity index (χ1n) is 8.33. The van der Waals surface area contributed by atoms with Gasteiger partial charge < -0.3 is 10.2 Å². The van der Waals surface area contributed by atoms with E-state index in [0.29, 0.717) is 6.04 Å². The van der Waals surface area contributed by atoms with Crippen LogP contribution in [-0.4, -0.2) is 30.6 Å². The smallest absolute Gasteiger partial charge is 0.127 e. The van der Waals surface area contributed by atoms with Crippen LogP contribution < -0.4 is 5.32 Å². The number of rotatable bonds is 9. The lowest BCUT2D eigenvalue weighted by atomic mass is 10.0. The van der Waals surface area contributed by atoms with Crippen molar-refractivity contribution in [2.75, 3.05) is 19.6 Å². The molecule has 2 nitrogen and oxygen atoms in total. The zero-order valence-electron chi connectivity index (χ0n) is 13.6. The maximum Gasteiger partial charge on any atom is 0.127 e. The van der Waals surface area contributed by atoms with Crippen molar-refractivity contribution in [3.05, 3.63) is 35.6 Å². The average molecular weight is 292 g/mol. The molecule has 0 spiro atoms. The van der Waals surface area contributed by atoms with Crippen LogP contribution in [0.3, 0.4) is 0 Å². The maximum atomic E-state index is 14.0. The molecule has 0 saturated heterocycles. The summed E-state index contributed by atoms with van der Waals surface area (Å²) in [7, 11) is 0. The van der Waals surface area contributed by atoms with Crippen molar-refractivity contribution in [3.8, 4) is 0 Å². The van der Waals surface area contributed by atoms with Gasteiger partial charge in [0.05, 0.1) is 0 Å². The summed E-state index contributed by atoms with van der Waals surface area (Å²) >= 11 is 0. The van der Waals surface area contributed by atoms with Crippen LogP contribution >= 0.6 is 0 Å². The largest absolute Gasteiger partial charge is 0.310 e. The highest BCUT2D eigenvalue weighted by Gasteiger charge is 2.26. The van der Waals surface area contributed by atoms with Crippen molar-refractivity contribution in [2.24, 2.45) is 5.92 Å². The molecule has 1 fully saturated rings. The van der Waals surface area contributed by atoms with Gasteiger partial charge in [-0.05, 0) is 51.6 Å². The van der Waals surface area contributed by atoms with Crippen molar-refractivity contribution in [3.63, 3.8) is 0 Å². The molecule has 0 heterocycles. The third-order valence-corrected chi connectivity index (χ3v) is 4.36. The van der Waals surface area contributed by atoms with Gasteiger partial charge in [-0.25, -0.2) is 4.39 Å². The van der Waals surface area contributed by atoms with Crippen molar-refractivity contribution < 1.29 is 4.39 Å². The van der Waals surface area contributed by atoms with E-state index < -0.39 is 0 Å². The lowest BCUT2D eigenvalue weighted by molar-refractivity contribution is 0.201. The number of benzene rings is 1. The minimum absolute atomic E-state index is 0.0956. The molecule has 3 heteroatoms. The molecule has 1 unspecified atom stereocenters. The second-order valence-corrected chi connectivity index (χ2v) is 6.45. The Morgan fingerprint density at radius 1 is 1.29 bits per heavy atom. The quantitative estimate of drug-likeness (QED) is 0.740. The molecule has 0 aromatic heterocycles. The van der Waals surface area contributed by atoms with Gasteiger partial charge in [0.2, 0.25) is 0 Å². The Hall–Kier alpha value is -0.930. The Kier molecular flexibility index (Phi) is 6.19. The van der Waals surface area contributed by atoms with Crippen molar-refractivity contribution in [1.82, 2.24) is 10.2 Å². The number of halogens is 1. The summed E-state index contributed by atoms with van der Waals surface area (Å²) < 4.78 is 14.0. The molecule has 1 saturated carbocycles. The SMILES string of the molecule is CCNC(CCN(CC1CC1)C(C)C)c1ccccc1F. The third kappa shape index (κ3) is 5.08. The van der Waals surface area contributed by atoms with Crippen molar-refractivity contribution >= 4 is 0 Å². The second-order valence-electron chi connectivity index (χ2n) is 6.45. The molecule has 2 rings (SSSR count). The van der Waals surface area contributed by atoms with E-state index in [1.807, 2.05) is 12.1 Å². The second kappa shape index (κ2) is 7.90. The summed E-state index contributed by atoms with van der Waals surface area (Å²) in [6, 6.07) is 7.82. The molecule has 0 radical (unpaired) electrons. The van der Waals surface area contributed by atoms with Crippen LogP contribution in [0.15, 0.2) is 24.3 Å². The average Bonchev–Trinajstić information content (AvgIpc) is 3.26. The number of nitrogens with zero attached hydrogens (tertiary/aromatic N) is 1. The van der Waals surface area contributed by atoms with Crippen molar-refractivity contribution in [1.29, 1.82) is 0 Å². The molecular weight excluding hydrogens is 263 g/mol. The summed E-state index contributed by atoms with van der Waals surface area (Å²) in [6.45, 7) is 9.69. The first kappa shape index (κ1) is 16.4. The topological polar surface area (TPSA) is 15.3 Å². The lowest BCUT2D eigenvalue weighted by Gasteiger charge is -2.29. The van der Waals surface area contributed by atoms with Crippen molar-refractivity contribution in [2.45, 2.75) is 52.1 Å². The Labute approximate surface area is 128 Å². The van der Waals surface area contributed by atoms with E-state index in [0.717, 1.165) is 31.0 Å². The van der Waals surface area contributed by atoms with Gasteiger partial charge in [0.1, 0.15) is 5.82 Å². The normalized spacial score (nSPS) is 16.7. The summed E-state index contributed by atoms with van der Waals surface area (Å²) in [5.41, 5.74) is 0.800. The minimum atomic E-state index is -0.0956. The zero-order chi connectivity index (χ0) is 15.2. The molecule has 21 heavy (non-hydrogen) atoms. The van der Waals surface area contributed by atoms with Crippen LogP contribution in [0.5, 0.6) is 0 Å². The number of nitrogens with one attached hydrogen (secondary N) is 1. The van der Waals surface area contributed by atoms with Gasteiger partial charge in [0.25, 0.3) is 0 Å². The van der Waals surface area contributed by atoms with Crippen LogP contribution in [0.1, 0.15) is 51.6 Å². The van der Waals surface area contributed by atoms with Gasteiger partial charge >= 0.3 is 0 Å². The highest BCUT2D eigenvalue weighted by Crippen LogP contribution is 2.30. The van der Waals surface area contributed by atoms with E-state index in [-0.39, 0.29) is 11.9 Å². The van der Waals surface area contributed by atoms with Crippen LogP contribution in [-0.2, 0) is 0 Å². The molecular formula is C18H29FN2. The molecule has 0 bridgehead atoms. The van der Waals surface area contributed by atoms with E-state index in [4.69, 9.17) is 0 Å². The predicted octanol–water partition coefficient (Wildman–Crippen LogP) is 3.99. The van der Waals surface area contributed by atoms with E-state index in [1.54, 1.807) is 12.1 Å². The Bertz CT molecular complexity index is 429. The first-order chi connectivity index (χ1) is 10.1. The summed E-state index contributed by atoms with van der Waals surface area (Å²) in [6.07, 6.45) is 3.72. The molecule has 1 N–H and O–H groups in total. The number of hydrogen-bond donors (Lipinski definition) is 1. The Morgan fingerprint density at radius 2 is 2.00 bits per heavy atom. The number of hydrogen-bond acceptors (Lipinski definition) is 2. The molecule has 1 aliphatic rings. The molecule has 0 amide bonds. The zero-order valence-corrected chi connectivity index (χ0v) is 13.6.